The maximum Gasteiger partial charge on any atom is 0.161 e. The highest BCUT2D eigenvalue weighted by Gasteiger charge is 2.15. The molecule has 2 nitrogen and oxygen atoms in total. The van der Waals surface area contributed by atoms with Gasteiger partial charge in [-0.1, -0.05) is 34.6 Å². The van der Waals surface area contributed by atoms with Crippen LogP contribution in [0.2, 0.25) is 0 Å². The highest BCUT2D eigenvalue weighted by atomic mass is 79.9. The quantitative estimate of drug-likeness (QED) is 0.881. The van der Waals surface area contributed by atoms with Crippen LogP contribution in [0.15, 0.2) is 27.7 Å². The van der Waals surface area contributed by atoms with Crippen LogP contribution in [0.4, 0.5) is 10.1 Å². The number of nitrogens with one attached hydrogen (secondary N) is 1. The largest absolute Gasteiger partial charge is 0.333 e. The van der Waals surface area contributed by atoms with E-state index in [1.165, 1.54) is 6.07 Å². The highest BCUT2D eigenvalue weighted by Crippen LogP contribution is 2.24. The molecule has 0 aliphatic carbocycles. The molecule has 2 rings (SSSR count). The van der Waals surface area contributed by atoms with Crippen molar-refractivity contribution in [1.82, 2.24) is 0 Å². The van der Waals surface area contributed by atoms with Crippen molar-refractivity contribution >= 4 is 38.5 Å². The molecule has 0 amide bonds. The number of anilines is 1. The van der Waals surface area contributed by atoms with Gasteiger partial charge in [-0.15, -0.1) is 0 Å². The van der Waals surface area contributed by atoms with Gasteiger partial charge < -0.3 is 5.32 Å². The average molecular weight is 317 g/mol. The molecule has 1 unspecified atom stereocenters. The van der Waals surface area contributed by atoms with Crippen molar-refractivity contribution in [3.63, 3.8) is 0 Å². The van der Waals surface area contributed by atoms with Gasteiger partial charge in [-0.2, -0.15) is 0 Å². The van der Waals surface area contributed by atoms with Crippen molar-refractivity contribution in [3.05, 3.63) is 28.5 Å². The van der Waals surface area contributed by atoms with Crippen LogP contribution in [0.25, 0.3) is 0 Å². The number of rotatable bonds is 2. The molecule has 0 aromatic heterocycles. The Morgan fingerprint density at radius 3 is 3.18 bits per heavy atom. The normalized spacial score (nSPS) is 19.9. The number of hydrogen-bond donors (Lipinski definition) is 1. The van der Waals surface area contributed by atoms with E-state index in [1.54, 1.807) is 23.9 Å². The minimum Gasteiger partial charge on any atom is -0.333 e. The van der Waals surface area contributed by atoms with Gasteiger partial charge in [0, 0.05) is 10.2 Å². The molecule has 0 fully saturated rings. The lowest BCUT2D eigenvalue weighted by Crippen LogP contribution is -2.20. The lowest BCUT2D eigenvalue weighted by atomic mass is 10.2. The topological polar surface area (TPSA) is 24.4 Å². The second-order valence-electron chi connectivity index (χ2n) is 3.88. The van der Waals surface area contributed by atoms with Crippen molar-refractivity contribution in [2.24, 2.45) is 4.99 Å². The highest BCUT2D eigenvalue weighted by molar-refractivity contribution is 9.10. The molecule has 0 radical (unpaired) electrons. The molecular formula is C12H14BrFN2S. The number of thioether (sulfide) groups is 1. The number of halogens is 2. The Bertz CT molecular complexity index is 437. The summed E-state index contributed by atoms with van der Waals surface area (Å²) in [6, 6.07) is 5.23. The van der Waals surface area contributed by atoms with E-state index in [9.17, 15) is 4.39 Å². The smallest absolute Gasteiger partial charge is 0.161 e. The summed E-state index contributed by atoms with van der Waals surface area (Å²) in [5, 5.41) is 3.88. The molecule has 1 heterocycles. The minimum atomic E-state index is -0.255. The molecule has 1 aromatic carbocycles. The third-order valence-electron chi connectivity index (χ3n) is 2.63. The molecule has 92 valence electrons. The molecule has 17 heavy (non-hydrogen) atoms. The molecule has 0 bridgehead atoms. The molecule has 1 aliphatic heterocycles. The molecule has 1 N–H and O–H groups in total. The first kappa shape index (κ1) is 12.9. The molecule has 1 atom stereocenters. The van der Waals surface area contributed by atoms with Crippen molar-refractivity contribution in [2.75, 3.05) is 11.1 Å². The number of hydrogen-bond acceptors (Lipinski definition) is 3. The van der Waals surface area contributed by atoms with Gasteiger partial charge in [0.05, 0.1) is 11.7 Å². The Hall–Kier alpha value is -0.550. The van der Waals surface area contributed by atoms with Crippen LogP contribution in [0.1, 0.15) is 19.8 Å². The lowest BCUT2D eigenvalue weighted by molar-refractivity contribution is 0.629. The summed E-state index contributed by atoms with van der Waals surface area (Å²) in [5.74, 6) is 0.787. The van der Waals surface area contributed by atoms with E-state index in [-0.39, 0.29) is 5.82 Å². The second-order valence-corrected chi connectivity index (χ2v) is 5.88. The summed E-state index contributed by atoms with van der Waals surface area (Å²) in [6.07, 6.45) is 2.14. The molecule has 1 aliphatic rings. The van der Waals surface area contributed by atoms with Gasteiger partial charge in [-0.05, 0) is 31.0 Å². The molecule has 5 heteroatoms. The van der Waals surface area contributed by atoms with Crippen molar-refractivity contribution < 1.29 is 4.39 Å². The standard InChI is InChI=1S/C12H14BrFN2S/c1-2-9-5-6-17-12(15-9)16-11-7-8(13)3-4-10(11)14/h3-4,7,9H,2,5-6H2,1H3,(H,15,16). The fourth-order valence-electron chi connectivity index (χ4n) is 1.63. The van der Waals surface area contributed by atoms with Crippen LogP contribution < -0.4 is 5.32 Å². The molecule has 0 saturated carbocycles. The lowest BCUT2D eigenvalue weighted by Gasteiger charge is -2.19. The summed E-state index contributed by atoms with van der Waals surface area (Å²) in [4.78, 5) is 4.55. The fraction of sp³-hybridized carbons (Fsp3) is 0.417. The van der Waals surface area contributed by atoms with E-state index in [0.717, 1.165) is 28.2 Å². The maximum absolute atomic E-state index is 13.6. The van der Waals surface area contributed by atoms with Crippen molar-refractivity contribution in [3.8, 4) is 0 Å². The van der Waals surface area contributed by atoms with E-state index in [2.05, 4.69) is 33.2 Å². The SMILES string of the molecule is CCC1CCSC(Nc2cc(Br)ccc2F)=N1. The van der Waals surface area contributed by atoms with Crippen molar-refractivity contribution in [1.29, 1.82) is 0 Å². The van der Waals surface area contributed by atoms with E-state index >= 15 is 0 Å². The second kappa shape index (κ2) is 5.87. The van der Waals surface area contributed by atoms with Gasteiger partial charge in [0.1, 0.15) is 5.82 Å². The zero-order chi connectivity index (χ0) is 12.3. The maximum atomic E-state index is 13.6. The predicted octanol–water partition coefficient (Wildman–Crippen LogP) is 4.27. The number of nitrogens with zero attached hydrogens (tertiary/aromatic N) is 1. The van der Waals surface area contributed by atoms with Gasteiger partial charge in [0.15, 0.2) is 5.17 Å². The summed E-state index contributed by atoms with van der Waals surface area (Å²) in [7, 11) is 0. The third kappa shape index (κ3) is 3.45. The summed E-state index contributed by atoms with van der Waals surface area (Å²) in [6.45, 7) is 2.13. The summed E-state index contributed by atoms with van der Waals surface area (Å²) >= 11 is 4.98. The van der Waals surface area contributed by atoms with Crippen LogP contribution >= 0.6 is 27.7 Å². The molecule has 1 aromatic rings. The zero-order valence-electron chi connectivity index (χ0n) is 9.54. The van der Waals surface area contributed by atoms with E-state index in [1.807, 2.05) is 0 Å². The predicted molar refractivity (Wildman–Crippen MR) is 76.3 cm³/mol. The zero-order valence-corrected chi connectivity index (χ0v) is 11.9. The Morgan fingerprint density at radius 2 is 2.41 bits per heavy atom. The van der Waals surface area contributed by atoms with Gasteiger partial charge in [-0.25, -0.2) is 4.39 Å². The van der Waals surface area contributed by atoms with Gasteiger partial charge >= 0.3 is 0 Å². The van der Waals surface area contributed by atoms with Crippen LogP contribution in [0, 0.1) is 5.82 Å². The Balaban J connectivity index is 2.15. The number of benzene rings is 1. The Labute approximate surface area is 113 Å². The minimum absolute atomic E-state index is 0.255. The first-order chi connectivity index (χ1) is 8.19. The monoisotopic (exact) mass is 316 g/mol. The first-order valence-corrected chi connectivity index (χ1v) is 7.39. The first-order valence-electron chi connectivity index (χ1n) is 5.61. The van der Waals surface area contributed by atoms with Crippen LogP contribution in [-0.4, -0.2) is 17.0 Å². The summed E-state index contributed by atoms with van der Waals surface area (Å²) < 4.78 is 14.4. The molecule has 0 spiro atoms. The molecule has 0 saturated heterocycles. The number of aliphatic imine (C=N–C) groups is 1. The van der Waals surface area contributed by atoms with E-state index in [0.29, 0.717) is 11.7 Å². The van der Waals surface area contributed by atoms with Crippen LogP contribution in [0.3, 0.4) is 0 Å². The van der Waals surface area contributed by atoms with Gasteiger partial charge in [0.2, 0.25) is 0 Å². The third-order valence-corrected chi connectivity index (χ3v) is 4.04. The molecular weight excluding hydrogens is 303 g/mol. The van der Waals surface area contributed by atoms with Gasteiger partial charge in [-0.3, -0.25) is 4.99 Å². The van der Waals surface area contributed by atoms with Crippen LogP contribution in [-0.2, 0) is 0 Å². The fourth-order valence-corrected chi connectivity index (χ4v) is 2.98. The average Bonchev–Trinajstić information content (AvgIpc) is 2.34. The number of amidine groups is 1. The van der Waals surface area contributed by atoms with Crippen molar-refractivity contribution in [2.45, 2.75) is 25.8 Å². The Kier molecular flexibility index (Phi) is 4.45. The Morgan fingerprint density at radius 1 is 1.59 bits per heavy atom. The van der Waals surface area contributed by atoms with Crippen LogP contribution in [0.5, 0.6) is 0 Å². The van der Waals surface area contributed by atoms with E-state index in [4.69, 9.17) is 0 Å². The van der Waals surface area contributed by atoms with E-state index < -0.39 is 0 Å². The summed E-state index contributed by atoms with van der Waals surface area (Å²) in [5.41, 5.74) is 0.474. The van der Waals surface area contributed by atoms with Gasteiger partial charge in [0.25, 0.3) is 0 Å².